The predicted octanol–water partition coefficient (Wildman–Crippen LogP) is -2.04. The molecule has 0 rings (SSSR count). The van der Waals surface area contributed by atoms with Crippen LogP contribution in [0.2, 0.25) is 0 Å². The average Bonchev–Trinajstić information content (AvgIpc) is 2.36. The lowest BCUT2D eigenvalue weighted by Gasteiger charge is -2.25. The molecule has 0 amide bonds. The molecule has 17 heavy (non-hydrogen) atoms. The van der Waals surface area contributed by atoms with E-state index in [1.165, 1.54) is 0 Å². The molecule has 0 bridgehead atoms. The number of carbonyl (C=O) groups excluding carboxylic acids is 1. The first-order valence-corrected chi connectivity index (χ1v) is 4.81. The van der Waals surface area contributed by atoms with Crippen LogP contribution in [-0.2, 0) is 9.53 Å². The van der Waals surface area contributed by atoms with E-state index in [9.17, 15) is 15.0 Å². The van der Waals surface area contributed by atoms with Crippen LogP contribution in [0.25, 0.3) is 10.4 Å². The first kappa shape index (κ1) is 15.8. The lowest BCUT2D eigenvalue weighted by molar-refractivity contribution is -0.145. The minimum atomic E-state index is -1.71. The third-order valence-corrected chi connectivity index (χ3v) is 1.97. The Kier molecular flexibility index (Phi) is 8.24. The Balaban J connectivity index is 4.23. The van der Waals surface area contributed by atoms with E-state index in [1.54, 1.807) is 0 Å². The van der Waals surface area contributed by atoms with Gasteiger partial charge in [-0.05, 0) is 5.53 Å². The molecule has 0 aliphatic carbocycles. The van der Waals surface area contributed by atoms with Gasteiger partial charge in [0.2, 0.25) is 0 Å². The van der Waals surface area contributed by atoms with E-state index >= 15 is 0 Å². The smallest absolute Gasteiger partial charge is 0.151 e. The monoisotopic (exact) mass is 249 g/mol. The van der Waals surface area contributed by atoms with Gasteiger partial charge in [-0.3, -0.25) is 0 Å². The lowest BCUT2D eigenvalue weighted by atomic mass is 10.0. The Morgan fingerprint density at radius 3 is 2.47 bits per heavy atom. The summed E-state index contributed by atoms with van der Waals surface area (Å²) in [6.45, 7) is -0.915. The molecule has 0 saturated heterocycles. The van der Waals surface area contributed by atoms with Gasteiger partial charge in [0.25, 0.3) is 0 Å². The second-order valence-corrected chi connectivity index (χ2v) is 3.16. The van der Waals surface area contributed by atoms with Crippen molar-refractivity contribution in [2.24, 2.45) is 5.11 Å². The van der Waals surface area contributed by atoms with Gasteiger partial charge in [0.1, 0.15) is 24.4 Å². The fourth-order valence-electron chi connectivity index (χ4n) is 1.02. The van der Waals surface area contributed by atoms with E-state index in [0.717, 1.165) is 0 Å². The maximum absolute atomic E-state index is 10.6. The van der Waals surface area contributed by atoms with Crippen molar-refractivity contribution in [3.8, 4) is 0 Å². The molecule has 0 saturated carbocycles. The van der Waals surface area contributed by atoms with Gasteiger partial charge >= 0.3 is 0 Å². The van der Waals surface area contributed by atoms with Crippen molar-refractivity contribution in [2.45, 2.75) is 24.4 Å². The number of hydrogen-bond donors (Lipinski definition) is 4. The standard InChI is InChI=1S/C8H15N3O6/c9-11-10-1-2-17-6(4-13)8(16)7(15)5(14)3-12/h4-8,12,14-16H,1-3H2/t5-,6-,7-,8-/m1/s1. The van der Waals surface area contributed by atoms with Gasteiger partial charge in [0.15, 0.2) is 6.29 Å². The lowest BCUT2D eigenvalue weighted by Crippen LogP contribution is -2.47. The Bertz CT molecular complexity index is 270. The molecule has 9 heteroatoms. The molecule has 4 atom stereocenters. The van der Waals surface area contributed by atoms with Crippen LogP contribution in [-0.4, -0.2) is 70.9 Å². The summed E-state index contributed by atoms with van der Waals surface area (Å²) in [7, 11) is 0. The molecular weight excluding hydrogens is 234 g/mol. The van der Waals surface area contributed by atoms with Gasteiger partial charge < -0.3 is 30.0 Å². The second kappa shape index (κ2) is 8.88. The normalized spacial score (nSPS) is 17.6. The Morgan fingerprint density at radius 1 is 1.35 bits per heavy atom. The molecule has 0 aromatic heterocycles. The molecule has 0 unspecified atom stereocenters. The second-order valence-electron chi connectivity index (χ2n) is 3.16. The van der Waals surface area contributed by atoms with Crippen LogP contribution in [0.15, 0.2) is 5.11 Å². The molecule has 0 spiro atoms. The van der Waals surface area contributed by atoms with Gasteiger partial charge in [-0.2, -0.15) is 0 Å². The molecule has 9 nitrogen and oxygen atoms in total. The van der Waals surface area contributed by atoms with E-state index in [4.69, 9.17) is 20.5 Å². The van der Waals surface area contributed by atoms with Crippen LogP contribution < -0.4 is 0 Å². The highest BCUT2D eigenvalue weighted by molar-refractivity contribution is 5.57. The number of hydrogen-bond acceptors (Lipinski definition) is 7. The molecule has 0 aromatic rings. The minimum Gasteiger partial charge on any atom is -0.394 e. The summed E-state index contributed by atoms with van der Waals surface area (Å²) >= 11 is 0. The maximum atomic E-state index is 10.6. The Hall–Kier alpha value is -1.22. The van der Waals surface area contributed by atoms with Crippen LogP contribution in [0, 0.1) is 0 Å². The van der Waals surface area contributed by atoms with Gasteiger partial charge in [-0.1, -0.05) is 5.11 Å². The van der Waals surface area contributed by atoms with Crippen molar-refractivity contribution in [2.75, 3.05) is 19.8 Å². The summed E-state index contributed by atoms with van der Waals surface area (Å²) in [5.74, 6) is 0. The molecule has 0 heterocycles. The highest BCUT2D eigenvalue weighted by Crippen LogP contribution is 2.06. The number of nitrogens with zero attached hydrogens (tertiary/aromatic N) is 3. The van der Waals surface area contributed by atoms with Crippen LogP contribution >= 0.6 is 0 Å². The summed E-state index contributed by atoms with van der Waals surface area (Å²) in [5.41, 5.74) is 7.97. The summed E-state index contributed by atoms with van der Waals surface area (Å²) in [6, 6.07) is 0. The van der Waals surface area contributed by atoms with E-state index in [1.807, 2.05) is 0 Å². The van der Waals surface area contributed by atoms with Gasteiger partial charge in [0, 0.05) is 11.5 Å². The highest BCUT2D eigenvalue weighted by atomic mass is 16.5. The minimum absolute atomic E-state index is 0.0355. The number of aldehydes is 1. The van der Waals surface area contributed by atoms with Crippen molar-refractivity contribution >= 4 is 6.29 Å². The number of rotatable bonds is 9. The number of carbonyl (C=O) groups is 1. The molecule has 0 aliphatic heterocycles. The van der Waals surface area contributed by atoms with Crippen molar-refractivity contribution in [1.29, 1.82) is 0 Å². The SMILES string of the molecule is [N-]=[N+]=NCCO[C@H](C=O)[C@@H](O)[C@H](O)[C@H](O)CO. The third-order valence-electron chi connectivity index (χ3n) is 1.97. The number of ether oxygens (including phenoxy) is 1. The molecule has 0 aliphatic rings. The van der Waals surface area contributed by atoms with Crippen LogP contribution in [0.4, 0.5) is 0 Å². The van der Waals surface area contributed by atoms with Gasteiger partial charge in [0.05, 0.1) is 13.2 Å². The molecule has 0 aromatic carbocycles. The molecular formula is C8H15N3O6. The summed E-state index contributed by atoms with van der Waals surface area (Å²) < 4.78 is 4.84. The van der Waals surface area contributed by atoms with Gasteiger partial charge in [-0.15, -0.1) is 0 Å². The zero-order chi connectivity index (χ0) is 13.3. The van der Waals surface area contributed by atoms with E-state index in [2.05, 4.69) is 10.0 Å². The van der Waals surface area contributed by atoms with E-state index in [-0.39, 0.29) is 19.4 Å². The Labute approximate surface area is 96.9 Å². The quantitative estimate of drug-likeness (QED) is 0.121. The fraction of sp³-hybridized carbons (Fsp3) is 0.875. The summed E-state index contributed by atoms with van der Waals surface area (Å²) in [5, 5.41) is 39.5. The van der Waals surface area contributed by atoms with Crippen LogP contribution in [0.3, 0.4) is 0 Å². The number of aliphatic hydroxyl groups excluding tert-OH is 4. The molecule has 0 radical (unpaired) electrons. The zero-order valence-electron chi connectivity index (χ0n) is 8.96. The highest BCUT2D eigenvalue weighted by Gasteiger charge is 2.31. The maximum Gasteiger partial charge on any atom is 0.151 e. The van der Waals surface area contributed by atoms with E-state index in [0.29, 0.717) is 0 Å². The molecule has 0 fully saturated rings. The topological polar surface area (TPSA) is 156 Å². The zero-order valence-corrected chi connectivity index (χ0v) is 8.96. The summed E-state index contributed by atoms with van der Waals surface area (Å²) in [6.07, 6.45) is -6.10. The third kappa shape index (κ3) is 5.59. The van der Waals surface area contributed by atoms with Crippen LogP contribution in [0.5, 0.6) is 0 Å². The predicted molar refractivity (Wildman–Crippen MR) is 54.9 cm³/mol. The van der Waals surface area contributed by atoms with Gasteiger partial charge in [-0.25, -0.2) is 0 Å². The van der Waals surface area contributed by atoms with Crippen LogP contribution in [0.1, 0.15) is 0 Å². The average molecular weight is 249 g/mol. The number of aliphatic hydroxyl groups is 4. The molecule has 4 N–H and O–H groups in total. The molecule has 98 valence electrons. The Morgan fingerprint density at radius 2 is 2.00 bits per heavy atom. The fourth-order valence-corrected chi connectivity index (χ4v) is 1.02. The van der Waals surface area contributed by atoms with Crippen molar-refractivity contribution in [3.05, 3.63) is 10.4 Å². The summed E-state index contributed by atoms with van der Waals surface area (Å²) in [4.78, 5) is 13.0. The van der Waals surface area contributed by atoms with E-state index < -0.39 is 31.0 Å². The van der Waals surface area contributed by atoms with Crippen molar-refractivity contribution in [1.82, 2.24) is 0 Å². The van der Waals surface area contributed by atoms with Crippen molar-refractivity contribution in [3.63, 3.8) is 0 Å². The largest absolute Gasteiger partial charge is 0.394 e. The first-order chi connectivity index (χ1) is 8.08. The number of azide groups is 1. The van der Waals surface area contributed by atoms with Crippen molar-refractivity contribution < 1.29 is 30.0 Å². The first-order valence-electron chi connectivity index (χ1n) is 4.81.